The fraction of sp³-hybridized carbons (Fsp3) is 0.471. The molecule has 0 saturated carbocycles. The second kappa shape index (κ2) is 6.98. The van der Waals surface area contributed by atoms with E-state index in [2.05, 4.69) is 5.32 Å². The summed E-state index contributed by atoms with van der Waals surface area (Å²) in [6.45, 7) is 1.67. The van der Waals surface area contributed by atoms with Gasteiger partial charge in [0.1, 0.15) is 17.9 Å². The molecule has 1 atom stereocenters. The van der Waals surface area contributed by atoms with Crippen LogP contribution in [0.25, 0.3) is 0 Å². The Bertz CT molecular complexity index is 645. The van der Waals surface area contributed by atoms with Gasteiger partial charge in [-0.1, -0.05) is 31.9 Å². The minimum absolute atomic E-state index is 0.313. The first kappa shape index (κ1) is 17.9. The van der Waals surface area contributed by atoms with Crippen LogP contribution in [0.3, 0.4) is 0 Å². The van der Waals surface area contributed by atoms with E-state index in [0.29, 0.717) is 18.4 Å². The summed E-state index contributed by atoms with van der Waals surface area (Å²) < 4.78 is 13.2. The van der Waals surface area contributed by atoms with Crippen LogP contribution in [0.5, 0.6) is 0 Å². The molecule has 0 radical (unpaired) electrons. The third kappa shape index (κ3) is 3.25. The molecular weight excluding hydrogens is 313 g/mol. The lowest BCUT2D eigenvalue weighted by atomic mass is 9.85. The maximum Gasteiger partial charge on any atom is 0.325 e. The summed E-state index contributed by atoms with van der Waals surface area (Å²) in [6, 6.07) is 4.92. The summed E-state index contributed by atoms with van der Waals surface area (Å²) in [7, 11) is 3.12. The number of amides is 4. The topological polar surface area (TPSA) is 69.7 Å². The summed E-state index contributed by atoms with van der Waals surface area (Å²) >= 11 is 0. The van der Waals surface area contributed by atoms with Crippen molar-refractivity contribution < 1.29 is 18.8 Å². The van der Waals surface area contributed by atoms with Crippen LogP contribution in [-0.4, -0.2) is 48.3 Å². The first-order chi connectivity index (χ1) is 11.3. The largest absolute Gasteiger partial charge is 0.347 e. The lowest BCUT2D eigenvalue weighted by Gasteiger charge is -2.27. The van der Waals surface area contributed by atoms with Crippen molar-refractivity contribution in [3.05, 3.63) is 35.6 Å². The third-order valence-corrected chi connectivity index (χ3v) is 4.21. The Morgan fingerprint density at radius 3 is 2.42 bits per heavy atom. The van der Waals surface area contributed by atoms with Gasteiger partial charge >= 0.3 is 6.03 Å². The molecule has 7 heteroatoms. The molecule has 1 N–H and O–H groups in total. The number of likely N-dealkylation sites (N-methyl/N-ethyl adjacent to an activating group) is 1. The van der Waals surface area contributed by atoms with Gasteiger partial charge in [0.05, 0.1) is 0 Å². The molecule has 1 aliphatic heterocycles. The predicted octanol–water partition coefficient (Wildman–Crippen LogP) is 1.85. The number of unbranched alkanes of at least 4 members (excludes halogenated alkanes) is 1. The average molecular weight is 335 g/mol. The van der Waals surface area contributed by atoms with Crippen molar-refractivity contribution in [2.24, 2.45) is 0 Å². The molecule has 1 fully saturated rings. The number of carbonyl (C=O) groups excluding carboxylic acids is 3. The summed E-state index contributed by atoms with van der Waals surface area (Å²) in [5.41, 5.74) is -0.719. The van der Waals surface area contributed by atoms with E-state index in [0.717, 1.165) is 11.3 Å². The molecule has 1 aromatic carbocycles. The Morgan fingerprint density at radius 1 is 1.25 bits per heavy atom. The van der Waals surface area contributed by atoms with Crippen LogP contribution >= 0.6 is 0 Å². The molecular formula is C17H22FN3O3. The first-order valence-electron chi connectivity index (χ1n) is 7.92. The molecule has 4 amide bonds. The fourth-order valence-electron chi connectivity index (χ4n) is 2.73. The molecule has 1 heterocycles. The molecule has 2 rings (SSSR count). The number of imide groups is 1. The molecule has 0 aromatic heterocycles. The summed E-state index contributed by atoms with van der Waals surface area (Å²) in [4.78, 5) is 39.4. The summed E-state index contributed by atoms with van der Waals surface area (Å²) in [6.07, 6.45) is 1.94. The van der Waals surface area contributed by atoms with Gasteiger partial charge in [-0.3, -0.25) is 14.5 Å². The van der Waals surface area contributed by atoms with Crippen molar-refractivity contribution in [1.82, 2.24) is 15.1 Å². The number of urea groups is 1. The average Bonchev–Trinajstić information content (AvgIpc) is 2.78. The molecule has 1 aliphatic rings. The number of nitrogens with one attached hydrogen (secondary N) is 1. The molecule has 1 saturated heterocycles. The van der Waals surface area contributed by atoms with Gasteiger partial charge in [-0.25, -0.2) is 9.18 Å². The number of benzene rings is 1. The van der Waals surface area contributed by atoms with Crippen LogP contribution in [0.1, 0.15) is 31.7 Å². The van der Waals surface area contributed by atoms with Gasteiger partial charge in [-0.2, -0.15) is 0 Å². The van der Waals surface area contributed by atoms with Crippen LogP contribution in [0.2, 0.25) is 0 Å². The molecule has 0 spiro atoms. The molecule has 130 valence electrons. The van der Waals surface area contributed by atoms with E-state index < -0.39 is 23.3 Å². The monoisotopic (exact) mass is 335 g/mol. The van der Waals surface area contributed by atoms with Gasteiger partial charge in [0.15, 0.2) is 0 Å². The minimum Gasteiger partial charge on any atom is -0.347 e. The highest BCUT2D eigenvalue weighted by Crippen LogP contribution is 2.34. The van der Waals surface area contributed by atoms with Crippen molar-refractivity contribution in [2.75, 3.05) is 20.6 Å². The van der Waals surface area contributed by atoms with Gasteiger partial charge in [-0.05, 0) is 24.1 Å². The maximum absolute atomic E-state index is 13.2. The predicted molar refractivity (Wildman–Crippen MR) is 86.5 cm³/mol. The van der Waals surface area contributed by atoms with Crippen LogP contribution in [-0.2, 0) is 15.1 Å². The van der Waals surface area contributed by atoms with Gasteiger partial charge in [-0.15, -0.1) is 0 Å². The van der Waals surface area contributed by atoms with Crippen LogP contribution in [0.15, 0.2) is 24.3 Å². The van der Waals surface area contributed by atoms with E-state index in [-0.39, 0.29) is 12.5 Å². The van der Waals surface area contributed by atoms with E-state index in [1.54, 1.807) is 14.1 Å². The first-order valence-corrected chi connectivity index (χ1v) is 7.92. The second-order valence-corrected chi connectivity index (χ2v) is 6.13. The summed E-state index contributed by atoms with van der Waals surface area (Å²) in [5, 5.41) is 2.73. The minimum atomic E-state index is -1.24. The Morgan fingerprint density at radius 2 is 1.88 bits per heavy atom. The lowest BCUT2D eigenvalue weighted by molar-refractivity contribution is -0.138. The zero-order valence-corrected chi connectivity index (χ0v) is 14.1. The highest BCUT2D eigenvalue weighted by Gasteiger charge is 2.52. The normalized spacial score (nSPS) is 20.2. The Kier molecular flexibility index (Phi) is 5.21. The third-order valence-electron chi connectivity index (χ3n) is 4.21. The van der Waals surface area contributed by atoms with E-state index in [1.807, 2.05) is 6.92 Å². The second-order valence-electron chi connectivity index (χ2n) is 6.13. The molecule has 0 bridgehead atoms. The zero-order valence-electron chi connectivity index (χ0n) is 14.1. The Labute approximate surface area is 140 Å². The number of hydrogen-bond donors (Lipinski definition) is 1. The molecule has 1 aromatic rings. The van der Waals surface area contributed by atoms with Crippen molar-refractivity contribution in [3.63, 3.8) is 0 Å². The van der Waals surface area contributed by atoms with Crippen LogP contribution < -0.4 is 5.32 Å². The SMILES string of the molecule is CCCC[C@@]1(c2ccc(F)cc2)NC(=O)N(CC(=O)N(C)C)C1=O. The highest BCUT2D eigenvalue weighted by molar-refractivity contribution is 6.09. The smallest absolute Gasteiger partial charge is 0.325 e. The van der Waals surface area contributed by atoms with E-state index in [4.69, 9.17) is 0 Å². The lowest BCUT2D eigenvalue weighted by Crippen LogP contribution is -2.45. The van der Waals surface area contributed by atoms with Gasteiger partial charge in [0, 0.05) is 14.1 Å². The molecule has 0 unspecified atom stereocenters. The Balaban J connectivity index is 2.37. The number of nitrogens with zero attached hydrogens (tertiary/aromatic N) is 2. The van der Waals surface area contributed by atoms with Gasteiger partial charge in [0.2, 0.25) is 5.91 Å². The fourth-order valence-corrected chi connectivity index (χ4v) is 2.73. The van der Waals surface area contributed by atoms with Crippen molar-refractivity contribution in [3.8, 4) is 0 Å². The number of rotatable bonds is 6. The van der Waals surface area contributed by atoms with E-state index in [1.165, 1.54) is 29.2 Å². The Hall–Kier alpha value is -2.44. The highest BCUT2D eigenvalue weighted by atomic mass is 19.1. The van der Waals surface area contributed by atoms with Gasteiger partial charge < -0.3 is 10.2 Å². The van der Waals surface area contributed by atoms with E-state index in [9.17, 15) is 18.8 Å². The van der Waals surface area contributed by atoms with Crippen LogP contribution in [0, 0.1) is 5.82 Å². The molecule has 24 heavy (non-hydrogen) atoms. The number of hydrogen-bond acceptors (Lipinski definition) is 3. The summed E-state index contributed by atoms with van der Waals surface area (Å²) in [5.74, 6) is -1.23. The van der Waals surface area contributed by atoms with Gasteiger partial charge in [0.25, 0.3) is 5.91 Å². The van der Waals surface area contributed by atoms with Crippen LogP contribution in [0.4, 0.5) is 9.18 Å². The molecule has 0 aliphatic carbocycles. The van der Waals surface area contributed by atoms with Crippen molar-refractivity contribution in [2.45, 2.75) is 31.7 Å². The quantitative estimate of drug-likeness (QED) is 0.807. The standard InChI is InChI=1S/C17H22FN3O3/c1-4-5-10-17(12-6-8-13(18)9-7-12)15(23)21(16(24)19-17)11-14(22)20(2)3/h6-9H,4-5,10-11H2,1-3H3,(H,19,24)/t17-/m0/s1. The molecule has 6 nitrogen and oxygen atoms in total. The number of carbonyl (C=O) groups is 3. The number of halogens is 1. The maximum atomic E-state index is 13.2. The zero-order chi connectivity index (χ0) is 17.9. The van der Waals surface area contributed by atoms with Crippen molar-refractivity contribution >= 4 is 17.8 Å². The van der Waals surface area contributed by atoms with Crippen molar-refractivity contribution in [1.29, 1.82) is 0 Å². The van der Waals surface area contributed by atoms with E-state index >= 15 is 0 Å².